The summed E-state index contributed by atoms with van der Waals surface area (Å²) in [5.74, 6) is 3.80. The molecule has 2 aromatic heterocycles. The van der Waals surface area contributed by atoms with Gasteiger partial charge in [-0.25, -0.2) is 9.67 Å². The molecule has 2 aromatic rings. The molecule has 2 rings (SSSR count). The monoisotopic (exact) mass is 276 g/mol. The van der Waals surface area contributed by atoms with E-state index in [2.05, 4.69) is 43.1 Å². The zero-order chi connectivity index (χ0) is 14.5. The Labute approximate surface area is 120 Å². The number of hydrogen-bond donors (Lipinski definition) is 1. The Kier molecular flexibility index (Phi) is 4.95. The molecule has 0 saturated carbocycles. The van der Waals surface area contributed by atoms with Gasteiger partial charge in [-0.15, -0.1) is 0 Å². The normalized spacial score (nSPS) is 11.4. The van der Waals surface area contributed by atoms with Gasteiger partial charge in [0.2, 0.25) is 0 Å². The molecule has 110 valence electrons. The van der Waals surface area contributed by atoms with Crippen LogP contribution in [0.3, 0.4) is 0 Å². The molecule has 0 aliphatic heterocycles. The maximum absolute atomic E-state index is 5.83. The molecule has 0 bridgehead atoms. The van der Waals surface area contributed by atoms with Crippen LogP contribution in [0.1, 0.15) is 50.9 Å². The first-order valence-electron chi connectivity index (χ1n) is 7.35. The van der Waals surface area contributed by atoms with E-state index in [1.54, 1.807) is 0 Å². The molecular formula is C15H24N4O. The first-order chi connectivity index (χ1) is 9.62. The molecule has 0 amide bonds. The quantitative estimate of drug-likeness (QED) is 0.844. The molecule has 2 heterocycles. The minimum absolute atomic E-state index is 0.456. The van der Waals surface area contributed by atoms with Crippen LogP contribution in [-0.4, -0.2) is 20.8 Å². The first-order valence-corrected chi connectivity index (χ1v) is 7.35. The largest absolute Gasteiger partial charge is 0.463 e. The second-order valence-corrected chi connectivity index (χ2v) is 5.21. The summed E-state index contributed by atoms with van der Waals surface area (Å²) in [5, 5.41) is 7.85. The second kappa shape index (κ2) is 6.70. The average Bonchev–Trinajstić information content (AvgIpc) is 3.03. The molecule has 0 saturated heterocycles. The van der Waals surface area contributed by atoms with Crippen molar-refractivity contribution in [2.24, 2.45) is 0 Å². The van der Waals surface area contributed by atoms with Crippen molar-refractivity contribution in [2.45, 2.75) is 59.7 Å². The Morgan fingerprint density at radius 3 is 2.60 bits per heavy atom. The van der Waals surface area contributed by atoms with E-state index in [1.165, 1.54) is 0 Å². The van der Waals surface area contributed by atoms with E-state index in [9.17, 15) is 0 Å². The second-order valence-electron chi connectivity index (χ2n) is 5.21. The average molecular weight is 276 g/mol. The topological polar surface area (TPSA) is 55.9 Å². The molecular weight excluding hydrogens is 252 g/mol. The number of hydrogen-bond acceptors (Lipinski definition) is 4. The number of aryl methyl sites for hydroxylation is 2. The summed E-state index contributed by atoms with van der Waals surface area (Å²) >= 11 is 0. The third-order valence-electron chi connectivity index (χ3n) is 3.13. The SMILES string of the molecule is CCc1nc(CC)n(Cc2ccc(CNC(C)C)o2)n1. The minimum atomic E-state index is 0.456. The summed E-state index contributed by atoms with van der Waals surface area (Å²) < 4.78 is 7.77. The van der Waals surface area contributed by atoms with Gasteiger partial charge in [0.1, 0.15) is 23.9 Å². The molecule has 0 aliphatic carbocycles. The molecule has 0 aromatic carbocycles. The molecule has 0 atom stereocenters. The Morgan fingerprint density at radius 2 is 1.95 bits per heavy atom. The third-order valence-corrected chi connectivity index (χ3v) is 3.13. The molecule has 5 heteroatoms. The summed E-state index contributed by atoms with van der Waals surface area (Å²) in [6.45, 7) is 9.83. The van der Waals surface area contributed by atoms with Gasteiger partial charge in [-0.1, -0.05) is 27.7 Å². The van der Waals surface area contributed by atoms with Gasteiger partial charge in [-0.3, -0.25) is 0 Å². The predicted octanol–water partition coefficient (Wildman–Crippen LogP) is 2.54. The summed E-state index contributed by atoms with van der Waals surface area (Å²) in [6, 6.07) is 4.50. The highest BCUT2D eigenvalue weighted by atomic mass is 16.3. The Balaban J connectivity index is 2.04. The minimum Gasteiger partial charge on any atom is -0.463 e. The predicted molar refractivity (Wildman–Crippen MR) is 78.6 cm³/mol. The van der Waals surface area contributed by atoms with Crippen molar-refractivity contribution in [1.29, 1.82) is 0 Å². The fourth-order valence-electron chi connectivity index (χ4n) is 2.02. The molecule has 1 N–H and O–H groups in total. The van der Waals surface area contributed by atoms with Crippen molar-refractivity contribution in [1.82, 2.24) is 20.1 Å². The summed E-state index contributed by atoms with van der Waals surface area (Å²) in [7, 11) is 0. The van der Waals surface area contributed by atoms with Gasteiger partial charge in [-0.05, 0) is 12.1 Å². The highest BCUT2D eigenvalue weighted by molar-refractivity contribution is 5.08. The maximum Gasteiger partial charge on any atom is 0.150 e. The molecule has 5 nitrogen and oxygen atoms in total. The van der Waals surface area contributed by atoms with E-state index in [1.807, 2.05) is 16.8 Å². The Bertz CT molecular complexity index is 542. The molecule has 0 aliphatic rings. The number of nitrogens with one attached hydrogen (secondary N) is 1. The van der Waals surface area contributed by atoms with Crippen molar-refractivity contribution in [3.63, 3.8) is 0 Å². The number of nitrogens with zero attached hydrogens (tertiary/aromatic N) is 3. The van der Waals surface area contributed by atoms with Crippen LogP contribution in [0.25, 0.3) is 0 Å². The smallest absolute Gasteiger partial charge is 0.150 e. The van der Waals surface area contributed by atoms with Crippen molar-refractivity contribution in [3.8, 4) is 0 Å². The lowest BCUT2D eigenvalue weighted by atomic mass is 10.3. The van der Waals surface area contributed by atoms with Crippen LogP contribution >= 0.6 is 0 Å². The van der Waals surface area contributed by atoms with Crippen LogP contribution < -0.4 is 5.32 Å². The van der Waals surface area contributed by atoms with Crippen molar-refractivity contribution >= 4 is 0 Å². The van der Waals surface area contributed by atoms with Crippen LogP contribution in [0.15, 0.2) is 16.5 Å². The fourth-order valence-corrected chi connectivity index (χ4v) is 2.02. The van der Waals surface area contributed by atoms with E-state index in [-0.39, 0.29) is 0 Å². The lowest BCUT2D eigenvalue weighted by Crippen LogP contribution is -2.21. The molecule has 0 unspecified atom stereocenters. The third kappa shape index (κ3) is 3.70. The van der Waals surface area contributed by atoms with Gasteiger partial charge in [0.25, 0.3) is 0 Å². The summed E-state index contributed by atoms with van der Waals surface area (Å²) in [5.41, 5.74) is 0. The van der Waals surface area contributed by atoms with Gasteiger partial charge < -0.3 is 9.73 Å². The van der Waals surface area contributed by atoms with E-state index in [0.717, 1.165) is 42.6 Å². The van der Waals surface area contributed by atoms with E-state index in [4.69, 9.17) is 4.42 Å². The number of furan rings is 1. The number of rotatable bonds is 7. The van der Waals surface area contributed by atoms with E-state index < -0.39 is 0 Å². The lowest BCUT2D eigenvalue weighted by molar-refractivity contribution is 0.418. The van der Waals surface area contributed by atoms with Crippen molar-refractivity contribution in [3.05, 3.63) is 35.3 Å². The highest BCUT2D eigenvalue weighted by Crippen LogP contribution is 2.11. The van der Waals surface area contributed by atoms with Crippen molar-refractivity contribution < 1.29 is 4.42 Å². The summed E-state index contributed by atoms with van der Waals surface area (Å²) in [6.07, 6.45) is 1.75. The van der Waals surface area contributed by atoms with Crippen LogP contribution in [0.5, 0.6) is 0 Å². The van der Waals surface area contributed by atoms with Gasteiger partial charge in [0.05, 0.1) is 6.54 Å². The number of aromatic nitrogens is 3. The first kappa shape index (κ1) is 14.8. The van der Waals surface area contributed by atoms with Gasteiger partial charge in [0.15, 0.2) is 5.82 Å². The Morgan fingerprint density at radius 1 is 1.20 bits per heavy atom. The zero-order valence-corrected chi connectivity index (χ0v) is 12.8. The van der Waals surface area contributed by atoms with Crippen molar-refractivity contribution in [2.75, 3.05) is 0 Å². The standard InChI is InChI=1S/C15H24N4O/c1-5-14-17-15(6-2)19(18-14)10-13-8-7-12(20-13)9-16-11(3)4/h7-8,11,16H,5-6,9-10H2,1-4H3. The highest BCUT2D eigenvalue weighted by Gasteiger charge is 2.10. The van der Waals surface area contributed by atoms with Gasteiger partial charge in [-0.2, -0.15) is 5.10 Å². The van der Waals surface area contributed by atoms with Crippen LogP contribution in [0.4, 0.5) is 0 Å². The molecule has 0 radical (unpaired) electrons. The zero-order valence-electron chi connectivity index (χ0n) is 12.8. The van der Waals surface area contributed by atoms with Crippen LogP contribution in [0.2, 0.25) is 0 Å². The molecule has 20 heavy (non-hydrogen) atoms. The van der Waals surface area contributed by atoms with Crippen LogP contribution in [-0.2, 0) is 25.9 Å². The Hall–Kier alpha value is -1.62. The van der Waals surface area contributed by atoms with Gasteiger partial charge >= 0.3 is 0 Å². The van der Waals surface area contributed by atoms with Gasteiger partial charge in [0, 0.05) is 18.9 Å². The van der Waals surface area contributed by atoms with E-state index in [0.29, 0.717) is 12.6 Å². The van der Waals surface area contributed by atoms with E-state index >= 15 is 0 Å². The molecule has 0 spiro atoms. The summed E-state index contributed by atoms with van der Waals surface area (Å²) in [4.78, 5) is 4.51. The fraction of sp³-hybridized carbons (Fsp3) is 0.600. The maximum atomic E-state index is 5.83. The van der Waals surface area contributed by atoms with Crippen LogP contribution in [0, 0.1) is 0 Å². The lowest BCUT2D eigenvalue weighted by Gasteiger charge is -2.05. The molecule has 0 fully saturated rings.